The Balaban J connectivity index is 1.35. The minimum Gasteiger partial charge on any atom is -0.378 e. The molecule has 24 heavy (non-hydrogen) atoms. The molecule has 3 heterocycles. The number of nitrogens with zero attached hydrogens (tertiary/aromatic N) is 1. The Kier molecular flexibility index (Phi) is 5.20. The lowest BCUT2D eigenvalue weighted by molar-refractivity contribution is -0.142. The summed E-state index contributed by atoms with van der Waals surface area (Å²) in [6, 6.07) is 4.12. The van der Waals surface area contributed by atoms with Gasteiger partial charge >= 0.3 is 0 Å². The summed E-state index contributed by atoms with van der Waals surface area (Å²) in [5, 5.41) is 5.22. The zero-order chi connectivity index (χ0) is 16.4. The highest BCUT2D eigenvalue weighted by molar-refractivity contribution is 7.09. The van der Waals surface area contributed by atoms with Gasteiger partial charge in [-0.1, -0.05) is 12.5 Å². The molecule has 1 aromatic rings. The Morgan fingerprint density at radius 3 is 3.00 bits per heavy atom. The third-order valence-electron chi connectivity index (χ3n) is 6.05. The summed E-state index contributed by atoms with van der Waals surface area (Å²) >= 11 is 1.70. The van der Waals surface area contributed by atoms with Crippen LogP contribution < -0.4 is 5.32 Å². The van der Waals surface area contributed by atoms with Crippen molar-refractivity contribution >= 4 is 17.2 Å². The van der Waals surface area contributed by atoms with Gasteiger partial charge in [-0.25, -0.2) is 0 Å². The number of hydrogen-bond acceptors (Lipinski definition) is 4. The molecule has 0 aromatic carbocycles. The highest BCUT2D eigenvalue weighted by Gasteiger charge is 2.42. The van der Waals surface area contributed by atoms with E-state index in [1.807, 2.05) is 6.07 Å². The molecular weight excluding hydrogens is 320 g/mol. The number of thiophene rings is 1. The van der Waals surface area contributed by atoms with E-state index < -0.39 is 0 Å². The molecule has 5 heteroatoms. The number of nitrogens with one attached hydrogen (secondary N) is 1. The van der Waals surface area contributed by atoms with E-state index in [9.17, 15) is 4.79 Å². The van der Waals surface area contributed by atoms with Crippen LogP contribution in [0.4, 0.5) is 0 Å². The van der Waals surface area contributed by atoms with Gasteiger partial charge in [0, 0.05) is 43.0 Å². The van der Waals surface area contributed by atoms with Crippen molar-refractivity contribution in [2.24, 2.45) is 17.8 Å². The standard InChI is InChI=1S/C19H28N2O2S/c22-19(20-11-15-5-2-10-24-15)16-7-9-23-18-6-8-21(13-17(16)18)12-14-3-1-4-14/h2,5,10,14,16-18H,1,3-4,6-9,11-13H2,(H,20,22)/t16-,17+,18-/m1/s1. The summed E-state index contributed by atoms with van der Waals surface area (Å²) in [6.45, 7) is 4.81. The molecule has 0 bridgehead atoms. The molecule has 2 saturated heterocycles. The summed E-state index contributed by atoms with van der Waals surface area (Å²) in [5.41, 5.74) is 0. The monoisotopic (exact) mass is 348 g/mol. The van der Waals surface area contributed by atoms with Gasteiger partial charge in [0.15, 0.2) is 0 Å². The Hall–Kier alpha value is -0.910. The fourth-order valence-corrected chi connectivity index (χ4v) is 5.08. The first kappa shape index (κ1) is 16.6. The molecule has 1 aromatic heterocycles. The van der Waals surface area contributed by atoms with Gasteiger partial charge in [0.2, 0.25) is 5.91 Å². The van der Waals surface area contributed by atoms with Crippen LogP contribution in [-0.2, 0) is 16.1 Å². The SMILES string of the molecule is O=C(NCc1cccs1)[C@@H]1CCO[C@@H]2CCN(CC3CCC3)C[C@H]21. The molecule has 4 nitrogen and oxygen atoms in total. The van der Waals surface area contributed by atoms with Crippen molar-refractivity contribution < 1.29 is 9.53 Å². The summed E-state index contributed by atoms with van der Waals surface area (Å²) in [4.78, 5) is 16.6. The van der Waals surface area contributed by atoms with Gasteiger partial charge < -0.3 is 15.0 Å². The fraction of sp³-hybridized carbons (Fsp3) is 0.737. The largest absolute Gasteiger partial charge is 0.378 e. The van der Waals surface area contributed by atoms with Crippen LogP contribution in [0.2, 0.25) is 0 Å². The lowest BCUT2D eigenvalue weighted by Crippen LogP contribution is -2.54. The maximum atomic E-state index is 12.8. The van der Waals surface area contributed by atoms with Gasteiger partial charge in [0.25, 0.3) is 0 Å². The molecule has 0 spiro atoms. The maximum absolute atomic E-state index is 12.8. The molecule has 132 valence electrons. The predicted octanol–water partition coefficient (Wildman–Crippen LogP) is 2.89. The molecule has 1 N–H and O–H groups in total. The number of hydrogen-bond donors (Lipinski definition) is 1. The zero-order valence-electron chi connectivity index (χ0n) is 14.3. The number of carbonyl (C=O) groups excluding carboxylic acids is 1. The van der Waals surface area contributed by atoms with E-state index >= 15 is 0 Å². The van der Waals surface area contributed by atoms with Crippen molar-refractivity contribution in [3.05, 3.63) is 22.4 Å². The van der Waals surface area contributed by atoms with Crippen LogP contribution in [0.25, 0.3) is 0 Å². The van der Waals surface area contributed by atoms with E-state index in [1.165, 1.54) is 30.7 Å². The van der Waals surface area contributed by atoms with E-state index in [0.29, 0.717) is 12.5 Å². The van der Waals surface area contributed by atoms with E-state index in [2.05, 4.69) is 21.7 Å². The number of rotatable bonds is 5. The molecule has 1 aliphatic carbocycles. The van der Waals surface area contributed by atoms with Crippen molar-refractivity contribution in [1.29, 1.82) is 0 Å². The van der Waals surface area contributed by atoms with E-state index in [0.717, 1.165) is 38.5 Å². The van der Waals surface area contributed by atoms with Crippen LogP contribution in [0, 0.1) is 17.8 Å². The first-order valence-electron chi connectivity index (χ1n) is 9.43. The second kappa shape index (κ2) is 7.54. The Morgan fingerprint density at radius 1 is 1.33 bits per heavy atom. The van der Waals surface area contributed by atoms with Gasteiger partial charge in [0.1, 0.15) is 0 Å². The third kappa shape index (κ3) is 3.68. The summed E-state index contributed by atoms with van der Waals surface area (Å²) in [5.74, 6) is 1.62. The molecular formula is C19H28N2O2S. The van der Waals surface area contributed by atoms with Crippen molar-refractivity contribution in [3.8, 4) is 0 Å². The quantitative estimate of drug-likeness (QED) is 0.890. The summed E-state index contributed by atoms with van der Waals surface area (Å²) in [6.07, 6.45) is 6.44. The Morgan fingerprint density at radius 2 is 2.25 bits per heavy atom. The lowest BCUT2D eigenvalue weighted by atomic mass is 9.78. The number of likely N-dealkylation sites (tertiary alicyclic amines) is 1. The molecule has 0 radical (unpaired) electrons. The summed E-state index contributed by atoms with van der Waals surface area (Å²) in [7, 11) is 0. The van der Waals surface area contributed by atoms with Crippen molar-refractivity contribution in [1.82, 2.24) is 10.2 Å². The van der Waals surface area contributed by atoms with Crippen LogP contribution in [0.3, 0.4) is 0 Å². The van der Waals surface area contributed by atoms with Crippen LogP contribution in [0.15, 0.2) is 17.5 Å². The number of piperidine rings is 1. The second-order valence-electron chi connectivity index (χ2n) is 7.61. The second-order valence-corrected chi connectivity index (χ2v) is 8.64. The van der Waals surface area contributed by atoms with Gasteiger partial charge in [-0.15, -0.1) is 11.3 Å². The zero-order valence-corrected chi connectivity index (χ0v) is 15.1. The third-order valence-corrected chi connectivity index (χ3v) is 6.93. The lowest BCUT2D eigenvalue weighted by Gasteiger charge is -2.46. The minimum atomic E-state index is 0.118. The van der Waals surface area contributed by atoms with Crippen LogP contribution in [0.5, 0.6) is 0 Å². The molecule has 3 atom stereocenters. The van der Waals surface area contributed by atoms with Gasteiger partial charge in [0.05, 0.1) is 12.6 Å². The molecule has 1 amide bonds. The average molecular weight is 349 g/mol. The van der Waals surface area contributed by atoms with Crippen LogP contribution in [-0.4, -0.2) is 43.2 Å². The Bertz CT molecular complexity index is 544. The Labute approximate surface area is 148 Å². The highest BCUT2D eigenvalue weighted by Crippen LogP contribution is 2.35. The van der Waals surface area contributed by atoms with Crippen molar-refractivity contribution in [3.63, 3.8) is 0 Å². The molecule has 3 fully saturated rings. The molecule has 2 aliphatic heterocycles. The average Bonchev–Trinajstić information content (AvgIpc) is 3.09. The van der Waals surface area contributed by atoms with Gasteiger partial charge in [-0.05, 0) is 43.0 Å². The van der Waals surface area contributed by atoms with Crippen molar-refractivity contribution in [2.45, 2.75) is 44.8 Å². The van der Waals surface area contributed by atoms with Gasteiger partial charge in [-0.3, -0.25) is 4.79 Å². The minimum absolute atomic E-state index is 0.118. The van der Waals surface area contributed by atoms with E-state index in [1.54, 1.807) is 11.3 Å². The summed E-state index contributed by atoms with van der Waals surface area (Å²) < 4.78 is 6.00. The fourth-order valence-electron chi connectivity index (χ4n) is 4.43. The predicted molar refractivity (Wildman–Crippen MR) is 95.9 cm³/mol. The molecule has 0 unspecified atom stereocenters. The molecule has 3 aliphatic rings. The number of ether oxygens (including phenoxy) is 1. The normalized spacial score (nSPS) is 31.2. The first-order valence-corrected chi connectivity index (χ1v) is 10.3. The van der Waals surface area contributed by atoms with E-state index in [4.69, 9.17) is 4.74 Å². The number of carbonyl (C=O) groups is 1. The molecule has 4 rings (SSSR count). The topological polar surface area (TPSA) is 41.6 Å². The van der Waals surface area contributed by atoms with Crippen LogP contribution in [0.1, 0.15) is 37.0 Å². The maximum Gasteiger partial charge on any atom is 0.223 e. The smallest absolute Gasteiger partial charge is 0.223 e. The van der Waals surface area contributed by atoms with E-state index in [-0.39, 0.29) is 17.9 Å². The number of amides is 1. The van der Waals surface area contributed by atoms with Gasteiger partial charge in [-0.2, -0.15) is 0 Å². The first-order chi connectivity index (χ1) is 11.8. The van der Waals surface area contributed by atoms with Crippen molar-refractivity contribution in [2.75, 3.05) is 26.2 Å². The number of fused-ring (bicyclic) bond motifs is 1. The highest BCUT2D eigenvalue weighted by atomic mass is 32.1. The van der Waals surface area contributed by atoms with Crippen LogP contribution >= 0.6 is 11.3 Å². The molecule has 1 saturated carbocycles.